The van der Waals surface area contributed by atoms with E-state index in [0.717, 1.165) is 31.8 Å². The van der Waals surface area contributed by atoms with Crippen LogP contribution < -0.4 is 5.32 Å². The number of nitrogens with one attached hydrogen (secondary N) is 1. The fourth-order valence-electron chi connectivity index (χ4n) is 2.25. The Labute approximate surface area is 102 Å². The number of hydrogen-bond acceptors (Lipinski definition) is 3. The Kier molecular flexibility index (Phi) is 3.60. The van der Waals surface area contributed by atoms with Crippen LogP contribution in [0.15, 0.2) is 11.1 Å². The van der Waals surface area contributed by atoms with Crippen LogP contribution in [0.5, 0.6) is 0 Å². The van der Waals surface area contributed by atoms with Crippen molar-refractivity contribution in [2.75, 3.05) is 26.2 Å². The van der Waals surface area contributed by atoms with Crippen molar-refractivity contribution >= 4 is 17.7 Å². The third-order valence-corrected chi connectivity index (χ3v) is 4.46. The second-order valence-electron chi connectivity index (χ2n) is 4.80. The first-order valence-corrected chi connectivity index (χ1v) is 6.86. The Hall–Kier alpha value is -0.480. The minimum atomic E-state index is 0.246. The minimum absolute atomic E-state index is 0.246. The molecule has 2 unspecified atom stereocenters. The zero-order valence-corrected chi connectivity index (χ0v) is 11.1. The lowest BCUT2D eigenvalue weighted by molar-refractivity contribution is -0.127. The van der Waals surface area contributed by atoms with Crippen molar-refractivity contribution in [3.05, 3.63) is 11.1 Å². The molecule has 0 aromatic rings. The number of amides is 1. The van der Waals surface area contributed by atoms with Gasteiger partial charge in [0.25, 0.3) is 0 Å². The van der Waals surface area contributed by atoms with Gasteiger partial charge in [0.15, 0.2) is 0 Å². The van der Waals surface area contributed by atoms with Gasteiger partial charge in [0.2, 0.25) is 5.91 Å². The molecule has 2 atom stereocenters. The minimum Gasteiger partial charge on any atom is -0.337 e. The summed E-state index contributed by atoms with van der Waals surface area (Å²) in [5.74, 6) is 0.246. The van der Waals surface area contributed by atoms with E-state index < -0.39 is 0 Å². The standard InChI is InChI=1S/C12H20N2OS/c1-8-6-14(7-9(2)16-8)12(15)10(3)11-4-13-5-11/h8-9,13H,4-7H2,1-3H3. The van der Waals surface area contributed by atoms with E-state index in [-0.39, 0.29) is 5.91 Å². The van der Waals surface area contributed by atoms with Gasteiger partial charge in [-0.25, -0.2) is 0 Å². The summed E-state index contributed by atoms with van der Waals surface area (Å²) in [6, 6.07) is 0. The zero-order valence-electron chi connectivity index (χ0n) is 10.2. The molecule has 4 heteroatoms. The van der Waals surface area contributed by atoms with Gasteiger partial charge < -0.3 is 10.2 Å². The van der Waals surface area contributed by atoms with Crippen LogP contribution in [0.2, 0.25) is 0 Å². The van der Waals surface area contributed by atoms with Crippen LogP contribution in [-0.2, 0) is 4.79 Å². The largest absolute Gasteiger partial charge is 0.337 e. The number of thioether (sulfide) groups is 1. The Bertz CT molecular complexity index is 311. The summed E-state index contributed by atoms with van der Waals surface area (Å²) in [6.45, 7) is 9.95. The molecule has 2 rings (SSSR count). The van der Waals surface area contributed by atoms with E-state index in [9.17, 15) is 4.79 Å². The van der Waals surface area contributed by atoms with Crippen molar-refractivity contribution < 1.29 is 4.79 Å². The van der Waals surface area contributed by atoms with E-state index in [1.54, 1.807) is 0 Å². The van der Waals surface area contributed by atoms with Crippen molar-refractivity contribution in [2.45, 2.75) is 31.3 Å². The summed E-state index contributed by atoms with van der Waals surface area (Å²) in [4.78, 5) is 14.3. The highest BCUT2D eigenvalue weighted by Gasteiger charge is 2.28. The summed E-state index contributed by atoms with van der Waals surface area (Å²) in [6.07, 6.45) is 0. The maximum absolute atomic E-state index is 12.3. The predicted molar refractivity (Wildman–Crippen MR) is 68.7 cm³/mol. The van der Waals surface area contributed by atoms with Gasteiger partial charge >= 0.3 is 0 Å². The predicted octanol–water partition coefficient (Wildman–Crippen LogP) is 1.26. The van der Waals surface area contributed by atoms with E-state index in [1.165, 1.54) is 5.57 Å². The lowest BCUT2D eigenvalue weighted by Crippen LogP contribution is -2.46. The van der Waals surface area contributed by atoms with Crippen LogP contribution >= 0.6 is 11.8 Å². The van der Waals surface area contributed by atoms with Crippen LogP contribution in [-0.4, -0.2) is 47.5 Å². The van der Waals surface area contributed by atoms with Gasteiger partial charge in [-0.2, -0.15) is 11.8 Å². The average Bonchev–Trinajstić information content (AvgIpc) is 2.12. The lowest BCUT2D eigenvalue weighted by atomic mass is 10.0. The zero-order chi connectivity index (χ0) is 11.7. The maximum Gasteiger partial charge on any atom is 0.249 e. The molecule has 0 aromatic heterocycles. The molecule has 0 radical (unpaired) electrons. The quantitative estimate of drug-likeness (QED) is 0.700. The first kappa shape index (κ1) is 12.0. The van der Waals surface area contributed by atoms with E-state index in [0.29, 0.717) is 10.5 Å². The fourth-order valence-corrected chi connectivity index (χ4v) is 3.57. The summed E-state index contributed by atoms with van der Waals surface area (Å²) in [7, 11) is 0. The first-order valence-electron chi connectivity index (χ1n) is 5.92. The van der Waals surface area contributed by atoms with Crippen molar-refractivity contribution in [2.24, 2.45) is 0 Å². The molecule has 0 spiro atoms. The van der Waals surface area contributed by atoms with Gasteiger partial charge in [0.05, 0.1) is 0 Å². The molecular weight excluding hydrogens is 220 g/mol. The topological polar surface area (TPSA) is 32.3 Å². The van der Waals surface area contributed by atoms with E-state index >= 15 is 0 Å². The molecular formula is C12H20N2OS. The number of carbonyl (C=O) groups excluding carboxylic acids is 1. The van der Waals surface area contributed by atoms with Crippen LogP contribution in [0.3, 0.4) is 0 Å². The number of carbonyl (C=O) groups is 1. The van der Waals surface area contributed by atoms with Crippen LogP contribution in [0.4, 0.5) is 0 Å². The molecule has 0 aliphatic carbocycles. The number of nitrogens with zero attached hydrogens (tertiary/aromatic N) is 1. The van der Waals surface area contributed by atoms with Gasteiger partial charge in [-0.15, -0.1) is 0 Å². The van der Waals surface area contributed by atoms with E-state index in [4.69, 9.17) is 0 Å². The summed E-state index contributed by atoms with van der Waals surface area (Å²) in [5.41, 5.74) is 2.24. The van der Waals surface area contributed by atoms with Gasteiger partial charge in [-0.05, 0) is 12.5 Å². The molecule has 2 saturated heterocycles. The molecule has 2 aliphatic rings. The maximum atomic E-state index is 12.3. The Morgan fingerprint density at radius 2 is 1.88 bits per heavy atom. The molecule has 3 nitrogen and oxygen atoms in total. The highest BCUT2D eigenvalue weighted by molar-refractivity contribution is 8.00. The normalized spacial score (nSPS) is 29.9. The monoisotopic (exact) mass is 240 g/mol. The summed E-state index contributed by atoms with van der Waals surface area (Å²) >= 11 is 1.98. The number of hydrogen-bond donors (Lipinski definition) is 1. The fraction of sp³-hybridized carbons (Fsp3) is 0.750. The first-order chi connectivity index (χ1) is 7.58. The Morgan fingerprint density at radius 1 is 1.31 bits per heavy atom. The summed E-state index contributed by atoms with van der Waals surface area (Å²) in [5, 5.41) is 4.31. The molecule has 0 saturated carbocycles. The molecule has 90 valence electrons. The smallest absolute Gasteiger partial charge is 0.249 e. The van der Waals surface area contributed by atoms with Crippen molar-refractivity contribution in [1.29, 1.82) is 0 Å². The van der Waals surface area contributed by atoms with E-state index in [1.807, 2.05) is 23.6 Å². The Balaban J connectivity index is 2.03. The van der Waals surface area contributed by atoms with Crippen LogP contribution in [0.1, 0.15) is 20.8 Å². The van der Waals surface area contributed by atoms with Gasteiger partial charge in [-0.3, -0.25) is 4.79 Å². The molecule has 1 N–H and O–H groups in total. The van der Waals surface area contributed by atoms with Crippen molar-refractivity contribution in [1.82, 2.24) is 10.2 Å². The second kappa shape index (κ2) is 4.80. The van der Waals surface area contributed by atoms with Crippen molar-refractivity contribution in [3.63, 3.8) is 0 Å². The van der Waals surface area contributed by atoms with E-state index in [2.05, 4.69) is 19.2 Å². The third kappa shape index (κ3) is 2.43. The SMILES string of the molecule is CC(C(=O)N1CC(C)SC(C)C1)=C1CNC1. The molecule has 0 bridgehead atoms. The van der Waals surface area contributed by atoms with Gasteiger partial charge in [-0.1, -0.05) is 13.8 Å². The van der Waals surface area contributed by atoms with Crippen LogP contribution in [0, 0.1) is 0 Å². The molecule has 2 heterocycles. The average molecular weight is 240 g/mol. The molecule has 1 amide bonds. The Morgan fingerprint density at radius 3 is 2.31 bits per heavy atom. The summed E-state index contributed by atoms with van der Waals surface area (Å²) < 4.78 is 0. The highest BCUT2D eigenvalue weighted by atomic mass is 32.2. The molecule has 0 aromatic carbocycles. The second-order valence-corrected chi connectivity index (χ2v) is 6.68. The molecule has 2 aliphatic heterocycles. The van der Waals surface area contributed by atoms with Gasteiger partial charge in [0.1, 0.15) is 0 Å². The lowest BCUT2D eigenvalue weighted by Gasteiger charge is -2.35. The molecule has 2 fully saturated rings. The van der Waals surface area contributed by atoms with Crippen LogP contribution in [0.25, 0.3) is 0 Å². The third-order valence-electron chi connectivity index (χ3n) is 3.23. The highest BCUT2D eigenvalue weighted by Crippen LogP contribution is 2.26. The molecule has 16 heavy (non-hydrogen) atoms. The number of rotatable bonds is 1. The van der Waals surface area contributed by atoms with Gasteiger partial charge in [0, 0.05) is 42.3 Å². The van der Waals surface area contributed by atoms with Crippen molar-refractivity contribution in [3.8, 4) is 0 Å².